The number of rotatable bonds is 7. The zero-order valence-electron chi connectivity index (χ0n) is 11.2. The minimum absolute atomic E-state index is 0.125. The lowest BCUT2D eigenvalue weighted by Gasteiger charge is -2.25. The van der Waals surface area contributed by atoms with E-state index in [1.807, 2.05) is 6.92 Å². The van der Waals surface area contributed by atoms with E-state index >= 15 is 0 Å². The van der Waals surface area contributed by atoms with Gasteiger partial charge in [0.2, 0.25) is 0 Å². The van der Waals surface area contributed by atoms with Gasteiger partial charge in [0.05, 0.1) is 13.2 Å². The highest BCUT2D eigenvalue weighted by Gasteiger charge is 2.27. The third-order valence-corrected chi connectivity index (χ3v) is 3.28. The Kier molecular flexibility index (Phi) is 6.52. The molecule has 1 aliphatic heterocycles. The number of hydrogen-bond acceptors (Lipinski definition) is 4. The molecule has 0 radical (unpaired) electrons. The summed E-state index contributed by atoms with van der Waals surface area (Å²) < 4.78 is 10.5. The molecule has 0 saturated carbocycles. The highest BCUT2D eigenvalue weighted by atomic mass is 16.5. The van der Waals surface area contributed by atoms with E-state index in [1.54, 1.807) is 0 Å². The van der Waals surface area contributed by atoms with Crippen molar-refractivity contribution in [3.05, 3.63) is 0 Å². The molecule has 1 aliphatic rings. The van der Waals surface area contributed by atoms with Gasteiger partial charge in [-0.2, -0.15) is 0 Å². The second kappa shape index (κ2) is 7.67. The third kappa shape index (κ3) is 4.64. The zero-order valence-corrected chi connectivity index (χ0v) is 11.2. The van der Waals surface area contributed by atoms with Crippen molar-refractivity contribution in [2.75, 3.05) is 19.8 Å². The summed E-state index contributed by atoms with van der Waals surface area (Å²) >= 11 is 0. The third-order valence-electron chi connectivity index (χ3n) is 3.28. The van der Waals surface area contributed by atoms with Crippen LogP contribution in [0.2, 0.25) is 0 Å². The summed E-state index contributed by atoms with van der Waals surface area (Å²) in [5.74, 6) is 0.392. The Morgan fingerprint density at radius 3 is 2.82 bits per heavy atom. The predicted octanol–water partition coefficient (Wildman–Crippen LogP) is 1.73. The molecule has 1 saturated heterocycles. The van der Waals surface area contributed by atoms with Crippen molar-refractivity contribution in [1.29, 1.82) is 0 Å². The van der Waals surface area contributed by atoms with Gasteiger partial charge in [0.25, 0.3) is 0 Å². The number of ether oxygens (including phenoxy) is 2. The standard InChI is InChI=1S/C13H25NO3/c1-4-6-12(13(15)17-5-2)14-10(3)11-7-8-16-9-11/h10-12,14H,4-9H2,1-3H3. The molecule has 0 aromatic carbocycles. The number of hydrogen-bond donors (Lipinski definition) is 1. The highest BCUT2D eigenvalue weighted by molar-refractivity contribution is 5.75. The van der Waals surface area contributed by atoms with E-state index in [0.29, 0.717) is 18.6 Å². The molecule has 1 fully saturated rings. The number of esters is 1. The lowest BCUT2D eigenvalue weighted by molar-refractivity contribution is -0.146. The summed E-state index contributed by atoms with van der Waals surface area (Å²) in [5.41, 5.74) is 0. The molecule has 1 heterocycles. The predicted molar refractivity (Wildman–Crippen MR) is 66.9 cm³/mol. The SMILES string of the molecule is CCCC(NC(C)C1CCOC1)C(=O)OCC. The maximum Gasteiger partial charge on any atom is 0.323 e. The molecule has 4 heteroatoms. The van der Waals surface area contributed by atoms with Crippen LogP contribution in [0.1, 0.15) is 40.0 Å². The molecular weight excluding hydrogens is 218 g/mol. The normalized spacial score (nSPS) is 23.4. The quantitative estimate of drug-likeness (QED) is 0.692. The van der Waals surface area contributed by atoms with Gasteiger partial charge in [-0.3, -0.25) is 4.79 Å². The molecule has 0 aromatic rings. The van der Waals surface area contributed by atoms with Crippen LogP contribution in [0, 0.1) is 5.92 Å². The van der Waals surface area contributed by atoms with Crippen molar-refractivity contribution in [3.63, 3.8) is 0 Å². The van der Waals surface area contributed by atoms with Crippen LogP contribution in [0.4, 0.5) is 0 Å². The summed E-state index contributed by atoms with van der Waals surface area (Å²) in [7, 11) is 0. The fourth-order valence-electron chi connectivity index (χ4n) is 2.20. The lowest BCUT2D eigenvalue weighted by atomic mass is 9.99. The van der Waals surface area contributed by atoms with E-state index in [1.165, 1.54) is 0 Å². The first-order chi connectivity index (χ1) is 8.19. The Morgan fingerprint density at radius 1 is 1.53 bits per heavy atom. The number of nitrogens with one attached hydrogen (secondary N) is 1. The molecule has 3 atom stereocenters. The Morgan fingerprint density at radius 2 is 2.29 bits per heavy atom. The van der Waals surface area contributed by atoms with Crippen LogP contribution < -0.4 is 5.32 Å². The van der Waals surface area contributed by atoms with Gasteiger partial charge < -0.3 is 14.8 Å². The van der Waals surface area contributed by atoms with Gasteiger partial charge in [0.15, 0.2) is 0 Å². The van der Waals surface area contributed by atoms with Crippen molar-refractivity contribution >= 4 is 5.97 Å². The van der Waals surface area contributed by atoms with E-state index < -0.39 is 0 Å². The summed E-state index contributed by atoms with van der Waals surface area (Å²) in [6.07, 6.45) is 2.89. The van der Waals surface area contributed by atoms with E-state index in [4.69, 9.17) is 9.47 Å². The van der Waals surface area contributed by atoms with Crippen LogP contribution >= 0.6 is 0 Å². The van der Waals surface area contributed by atoms with Crippen molar-refractivity contribution in [1.82, 2.24) is 5.32 Å². The monoisotopic (exact) mass is 243 g/mol. The second-order valence-electron chi connectivity index (χ2n) is 4.67. The van der Waals surface area contributed by atoms with Crippen LogP contribution in [-0.4, -0.2) is 37.9 Å². The average molecular weight is 243 g/mol. The van der Waals surface area contributed by atoms with E-state index in [9.17, 15) is 4.79 Å². The molecule has 100 valence electrons. The Labute approximate surface area is 104 Å². The van der Waals surface area contributed by atoms with Gasteiger partial charge in [-0.25, -0.2) is 0 Å². The van der Waals surface area contributed by atoms with Crippen molar-refractivity contribution in [2.45, 2.75) is 52.1 Å². The van der Waals surface area contributed by atoms with Crippen molar-refractivity contribution in [3.8, 4) is 0 Å². The average Bonchev–Trinajstić information content (AvgIpc) is 2.82. The lowest BCUT2D eigenvalue weighted by Crippen LogP contribution is -2.46. The highest BCUT2D eigenvalue weighted by Crippen LogP contribution is 2.17. The van der Waals surface area contributed by atoms with E-state index in [0.717, 1.165) is 32.5 Å². The summed E-state index contributed by atoms with van der Waals surface area (Å²) in [6.45, 7) is 8.14. The molecule has 0 bridgehead atoms. The maximum atomic E-state index is 11.8. The maximum absolute atomic E-state index is 11.8. The first kappa shape index (κ1) is 14.5. The second-order valence-corrected chi connectivity index (χ2v) is 4.67. The first-order valence-corrected chi connectivity index (χ1v) is 6.69. The zero-order chi connectivity index (χ0) is 12.7. The molecule has 0 aliphatic carbocycles. The molecule has 4 nitrogen and oxygen atoms in total. The van der Waals surface area contributed by atoms with Crippen molar-refractivity contribution < 1.29 is 14.3 Å². The molecule has 0 aromatic heterocycles. The molecule has 1 N–H and O–H groups in total. The Hall–Kier alpha value is -0.610. The van der Waals surface area contributed by atoms with Gasteiger partial charge >= 0.3 is 5.97 Å². The molecular formula is C13H25NO3. The van der Waals surface area contributed by atoms with Gasteiger partial charge in [-0.05, 0) is 32.6 Å². The van der Waals surface area contributed by atoms with Gasteiger partial charge in [-0.15, -0.1) is 0 Å². The van der Waals surface area contributed by atoms with E-state index in [2.05, 4.69) is 19.2 Å². The number of carbonyl (C=O) groups is 1. The minimum atomic E-state index is -0.171. The fraction of sp³-hybridized carbons (Fsp3) is 0.923. The van der Waals surface area contributed by atoms with Crippen LogP contribution in [-0.2, 0) is 14.3 Å². The van der Waals surface area contributed by atoms with Gasteiger partial charge in [0, 0.05) is 12.6 Å². The largest absolute Gasteiger partial charge is 0.465 e. The van der Waals surface area contributed by atoms with Gasteiger partial charge in [-0.1, -0.05) is 13.3 Å². The summed E-state index contributed by atoms with van der Waals surface area (Å²) in [6, 6.07) is 0.133. The topological polar surface area (TPSA) is 47.6 Å². The van der Waals surface area contributed by atoms with Crippen LogP contribution in [0.5, 0.6) is 0 Å². The molecule has 0 amide bonds. The smallest absolute Gasteiger partial charge is 0.323 e. The first-order valence-electron chi connectivity index (χ1n) is 6.69. The van der Waals surface area contributed by atoms with Crippen LogP contribution in [0.3, 0.4) is 0 Å². The molecule has 1 rings (SSSR count). The Bertz CT molecular complexity index is 227. The molecule has 17 heavy (non-hydrogen) atoms. The van der Waals surface area contributed by atoms with Crippen LogP contribution in [0.15, 0.2) is 0 Å². The van der Waals surface area contributed by atoms with Crippen molar-refractivity contribution in [2.24, 2.45) is 5.92 Å². The molecule has 0 spiro atoms. The van der Waals surface area contributed by atoms with E-state index in [-0.39, 0.29) is 12.0 Å². The van der Waals surface area contributed by atoms with Crippen LogP contribution in [0.25, 0.3) is 0 Å². The number of carbonyl (C=O) groups excluding carboxylic acids is 1. The summed E-state index contributed by atoms with van der Waals surface area (Å²) in [5, 5.41) is 3.39. The summed E-state index contributed by atoms with van der Waals surface area (Å²) in [4.78, 5) is 11.8. The Balaban J connectivity index is 2.43. The van der Waals surface area contributed by atoms with Gasteiger partial charge in [0.1, 0.15) is 6.04 Å². The fourth-order valence-corrected chi connectivity index (χ4v) is 2.20. The molecule has 3 unspecified atom stereocenters. The minimum Gasteiger partial charge on any atom is -0.465 e.